The maximum atomic E-state index is 11.2. The molecule has 15 heavy (non-hydrogen) atoms. The van der Waals surface area contributed by atoms with Gasteiger partial charge >= 0.3 is 5.97 Å². The van der Waals surface area contributed by atoms with Crippen LogP contribution in [0, 0.1) is 0 Å². The number of aromatic nitrogens is 1. The summed E-state index contributed by atoms with van der Waals surface area (Å²) in [7, 11) is 1.38. The number of thiophene rings is 1. The van der Waals surface area contributed by atoms with Crippen molar-refractivity contribution in [3.63, 3.8) is 0 Å². The zero-order valence-corrected chi connectivity index (χ0v) is 8.95. The van der Waals surface area contributed by atoms with E-state index in [1.807, 2.05) is 18.2 Å². The Hall–Kier alpha value is -1.68. The van der Waals surface area contributed by atoms with Crippen molar-refractivity contribution in [2.45, 2.75) is 0 Å². The highest BCUT2D eigenvalue weighted by Crippen LogP contribution is 2.25. The normalized spacial score (nSPS) is 9.93. The summed E-state index contributed by atoms with van der Waals surface area (Å²) in [6, 6.07) is 7.48. The zero-order valence-electron chi connectivity index (χ0n) is 8.14. The molecule has 0 N–H and O–H groups in total. The molecule has 0 aliphatic heterocycles. The number of rotatable bonds is 2. The van der Waals surface area contributed by atoms with Crippen LogP contribution in [-0.4, -0.2) is 18.1 Å². The van der Waals surface area contributed by atoms with Gasteiger partial charge in [0.15, 0.2) is 0 Å². The molecule has 0 unspecified atom stereocenters. The van der Waals surface area contributed by atoms with Crippen LogP contribution >= 0.6 is 11.3 Å². The Morgan fingerprint density at radius 3 is 3.00 bits per heavy atom. The van der Waals surface area contributed by atoms with Crippen molar-refractivity contribution in [2.24, 2.45) is 0 Å². The lowest BCUT2D eigenvalue weighted by molar-refractivity contribution is 0.0601. The summed E-state index contributed by atoms with van der Waals surface area (Å²) >= 11 is 1.48. The van der Waals surface area contributed by atoms with Crippen molar-refractivity contribution < 1.29 is 9.53 Å². The third-order valence-electron chi connectivity index (χ3n) is 1.94. The lowest BCUT2D eigenvalue weighted by Crippen LogP contribution is -1.98. The van der Waals surface area contributed by atoms with Crippen LogP contribution in [0.3, 0.4) is 0 Å². The van der Waals surface area contributed by atoms with Crippen LogP contribution in [0.2, 0.25) is 0 Å². The van der Waals surface area contributed by atoms with E-state index < -0.39 is 0 Å². The van der Waals surface area contributed by atoms with E-state index in [0.29, 0.717) is 5.56 Å². The molecule has 0 amide bonds. The smallest absolute Gasteiger partial charge is 0.338 e. The topological polar surface area (TPSA) is 39.2 Å². The van der Waals surface area contributed by atoms with E-state index in [2.05, 4.69) is 9.72 Å². The van der Waals surface area contributed by atoms with E-state index in [1.54, 1.807) is 17.6 Å². The molecule has 0 radical (unpaired) electrons. The van der Waals surface area contributed by atoms with Crippen LogP contribution in [0.15, 0.2) is 35.8 Å². The van der Waals surface area contributed by atoms with Gasteiger partial charge in [-0.15, -0.1) is 11.3 Å². The number of esters is 1. The fourth-order valence-electron chi connectivity index (χ4n) is 1.20. The highest BCUT2D eigenvalue weighted by atomic mass is 32.1. The van der Waals surface area contributed by atoms with Crippen LogP contribution in [0.25, 0.3) is 10.6 Å². The Kier molecular flexibility index (Phi) is 2.78. The van der Waals surface area contributed by atoms with Crippen molar-refractivity contribution in [3.05, 3.63) is 41.4 Å². The number of carbonyl (C=O) groups is 1. The van der Waals surface area contributed by atoms with Crippen molar-refractivity contribution >= 4 is 17.3 Å². The second-order valence-electron chi connectivity index (χ2n) is 2.91. The lowest BCUT2D eigenvalue weighted by Gasteiger charge is -1.94. The van der Waals surface area contributed by atoms with Crippen LogP contribution in [-0.2, 0) is 4.74 Å². The molecule has 0 saturated carbocycles. The van der Waals surface area contributed by atoms with Gasteiger partial charge in [-0.3, -0.25) is 4.98 Å². The highest BCUT2D eigenvalue weighted by molar-refractivity contribution is 7.13. The van der Waals surface area contributed by atoms with E-state index in [-0.39, 0.29) is 5.97 Å². The first-order valence-corrected chi connectivity index (χ1v) is 5.27. The molecule has 0 aliphatic rings. The number of hydrogen-bond acceptors (Lipinski definition) is 4. The molecule has 2 heterocycles. The van der Waals surface area contributed by atoms with Crippen molar-refractivity contribution in [1.29, 1.82) is 0 Å². The number of methoxy groups -OCH3 is 1. The van der Waals surface area contributed by atoms with Gasteiger partial charge in [0.2, 0.25) is 0 Å². The molecule has 4 heteroatoms. The molecule has 2 aromatic rings. The van der Waals surface area contributed by atoms with Gasteiger partial charge in [0.05, 0.1) is 23.2 Å². The van der Waals surface area contributed by atoms with Crippen LogP contribution in [0.1, 0.15) is 10.4 Å². The first kappa shape index (κ1) is 9.86. The molecule has 0 fully saturated rings. The molecular formula is C11H9NO2S. The largest absolute Gasteiger partial charge is 0.465 e. The van der Waals surface area contributed by atoms with Gasteiger partial charge in [-0.2, -0.15) is 0 Å². The second-order valence-corrected chi connectivity index (χ2v) is 3.82. The predicted octanol–water partition coefficient (Wildman–Crippen LogP) is 2.60. The fourth-order valence-corrected chi connectivity index (χ4v) is 2.06. The summed E-state index contributed by atoms with van der Waals surface area (Å²) in [4.78, 5) is 16.4. The summed E-state index contributed by atoms with van der Waals surface area (Å²) in [6.45, 7) is 0. The quantitative estimate of drug-likeness (QED) is 0.729. The minimum atomic E-state index is -0.312. The van der Waals surface area contributed by atoms with E-state index in [1.165, 1.54) is 18.4 Å². The molecule has 0 saturated heterocycles. The summed E-state index contributed by atoms with van der Waals surface area (Å²) in [6.07, 6.45) is 1.73. The Bertz CT molecular complexity index is 464. The maximum absolute atomic E-state index is 11.2. The molecule has 2 aromatic heterocycles. The molecule has 0 atom stereocenters. The second kappa shape index (κ2) is 4.23. The summed E-state index contributed by atoms with van der Waals surface area (Å²) < 4.78 is 4.63. The Morgan fingerprint density at radius 2 is 2.33 bits per heavy atom. The van der Waals surface area contributed by atoms with Gasteiger partial charge in [-0.25, -0.2) is 4.79 Å². The summed E-state index contributed by atoms with van der Waals surface area (Å²) in [5, 5.41) is 1.77. The average Bonchev–Trinajstić information content (AvgIpc) is 2.78. The minimum Gasteiger partial charge on any atom is -0.465 e. The Labute approximate surface area is 91.4 Å². The highest BCUT2D eigenvalue weighted by Gasteiger charge is 2.09. The number of pyridine rings is 1. The van der Waals surface area contributed by atoms with Crippen molar-refractivity contribution in [2.75, 3.05) is 7.11 Å². The monoisotopic (exact) mass is 219 g/mol. The van der Waals surface area contributed by atoms with Crippen molar-refractivity contribution in [3.8, 4) is 10.6 Å². The van der Waals surface area contributed by atoms with Crippen LogP contribution in [0.5, 0.6) is 0 Å². The van der Waals surface area contributed by atoms with Crippen LogP contribution in [0.4, 0.5) is 0 Å². The van der Waals surface area contributed by atoms with E-state index >= 15 is 0 Å². The van der Waals surface area contributed by atoms with Gasteiger partial charge in [0.1, 0.15) is 0 Å². The summed E-state index contributed by atoms with van der Waals surface area (Å²) in [5.41, 5.74) is 1.45. The Morgan fingerprint density at radius 1 is 1.47 bits per heavy atom. The lowest BCUT2D eigenvalue weighted by atomic mass is 10.2. The minimum absolute atomic E-state index is 0.312. The third kappa shape index (κ3) is 2.05. The zero-order chi connectivity index (χ0) is 10.7. The van der Waals surface area contributed by atoms with E-state index in [0.717, 1.165) is 10.6 Å². The summed E-state index contributed by atoms with van der Waals surface area (Å²) in [5.74, 6) is -0.312. The Balaban J connectivity index is 2.32. The van der Waals surface area contributed by atoms with Crippen LogP contribution < -0.4 is 0 Å². The molecule has 0 aromatic carbocycles. The van der Waals surface area contributed by atoms with E-state index in [4.69, 9.17) is 0 Å². The van der Waals surface area contributed by atoms with Crippen molar-refractivity contribution in [1.82, 2.24) is 4.98 Å². The predicted molar refractivity (Wildman–Crippen MR) is 58.9 cm³/mol. The first-order chi connectivity index (χ1) is 7.31. The molecule has 0 spiro atoms. The molecule has 0 bridgehead atoms. The van der Waals surface area contributed by atoms with Gasteiger partial charge in [0, 0.05) is 11.6 Å². The third-order valence-corrected chi connectivity index (χ3v) is 2.89. The van der Waals surface area contributed by atoms with Gasteiger partial charge in [-0.05, 0) is 18.2 Å². The number of nitrogens with zero attached hydrogens (tertiary/aromatic N) is 1. The number of ether oxygens (including phenoxy) is 1. The molecule has 76 valence electrons. The number of carbonyl (C=O) groups excluding carboxylic acids is 1. The number of hydrogen-bond donors (Lipinski definition) is 0. The van der Waals surface area contributed by atoms with Gasteiger partial charge < -0.3 is 4.74 Å². The van der Waals surface area contributed by atoms with Gasteiger partial charge in [0.25, 0.3) is 0 Å². The SMILES string of the molecule is COC(=O)c1csc(-c2ccccn2)c1. The maximum Gasteiger partial charge on any atom is 0.338 e. The molecule has 0 aliphatic carbocycles. The van der Waals surface area contributed by atoms with Gasteiger partial charge in [-0.1, -0.05) is 6.07 Å². The first-order valence-electron chi connectivity index (χ1n) is 4.39. The molecular weight excluding hydrogens is 210 g/mol. The average molecular weight is 219 g/mol. The molecule has 3 nitrogen and oxygen atoms in total. The van der Waals surface area contributed by atoms with E-state index in [9.17, 15) is 4.79 Å². The molecule has 2 rings (SSSR count). The standard InChI is InChI=1S/C11H9NO2S/c1-14-11(13)8-6-10(15-7-8)9-4-2-3-5-12-9/h2-7H,1H3. The fraction of sp³-hybridized carbons (Fsp3) is 0.0909.